The summed E-state index contributed by atoms with van der Waals surface area (Å²) in [4.78, 5) is 16.0. The predicted molar refractivity (Wildman–Crippen MR) is 105 cm³/mol. The summed E-state index contributed by atoms with van der Waals surface area (Å²) in [5.74, 6) is 0.546. The van der Waals surface area contributed by atoms with Crippen LogP contribution in [0.4, 0.5) is 5.69 Å². The predicted octanol–water partition coefficient (Wildman–Crippen LogP) is 3.08. The Bertz CT molecular complexity index is 1130. The number of methoxy groups -OCH3 is 1. The number of aromatic nitrogens is 2. The first-order valence-corrected chi connectivity index (χ1v) is 10.3. The lowest BCUT2D eigenvalue weighted by atomic mass is 10.1. The number of carbonyl (C=O) groups is 1. The van der Waals surface area contributed by atoms with Gasteiger partial charge in [-0.15, -0.1) is 0 Å². The van der Waals surface area contributed by atoms with Crippen molar-refractivity contribution in [1.82, 2.24) is 9.55 Å². The number of hydrogen-bond acceptors (Lipinski definition) is 5. The van der Waals surface area contributed by atoms with E-state index >= 15 is 0 Å². The molecule has 0 spiro atoms. The maximum atomic E-state index is 12.7. The first kappa shape index (κ1) is 18.2. The van der Waals surface area contributed by atoms with Crippen LogP contribution >= 0.6 is 0 Å². The Balaban J connectivity index is 1.59. The van der Waals surface area contributed by atoms with Gasteiger partial charge in [-0.3, -0.25) is 4.72 Å². The van der Waals surface area contributed by atoms with Crippen molar-refractivity contribution < 1.29 is 17.9 Å². The molecule has 0 aliphatic carbocycles. The number of nitrogens with zero attached hydrogens (tertiary/aromatic N) is 2. The Morgan fingerprint density at radius 3 is 2.71 bits per heavy atom. The molecule has 0 bridgehead atoms. The van der Waals surface area contributed by atoms with Crippen LogP contribution in [0, 0.1) is 0 Å². The normalized spacial score (nSPS) is 13.2. The third-order valence-electron chi connectivity index (χ3n) is 4.72. The van der Waals surface area contributed by atoms with Crippen LogP contribution in [0.1, 0.15) is 22.6 Å². The standard InChI is InChI=1S/C20H19N3O4S/c1-27-20(24)14-7-9-17(10-8-14)28(25,26)22-16-5-2-4-15(12-16)18-13-21-19-6-3-11-23(18)19/h2,4-5,7-10,12-13,22H,3,6,11H2,1H3. The molecule has 0 fully saturated rings. The number of sulfonamides is 1. The van der Waals surface area contributed by atoms with Gasteiger partial charge in [0.1, 0.15) is 5.82 Å². The van der Waals surface area contributed by atoms with Crippen LogP contribution in [0.5, 0.6) is 0 Å². The highest BCUT2D eigenvalue weighted by atomic mass is 32.2. The summed E-state index contributed by atoms with van der Waals surface area (Å²) in [6.45, 7) is 0.924. The first-order chi connectivity index (χ1) is 13.5. The molecule has 7 nitrogen and oxygen atoms in total. The number of carbonyl (C=O) groups excluding carboxylic acids is 1. The monoisotopic (exact) mass is 397 g/mol. The fourth-order valence-corrected chi connectivity index (χ4v) is 4.38. The van der Waals surface area contributed by atoms with Crippen molar-refractivity contribution in [2.24, 2.45) is 0 Å². The van der Waals surface area contributed by atoms with E-state index in [2.05, 4.69) is 19.0 Å². The molecule has 1 aromatic heterocycles. The van der Waals surface area contributed by atoms with Gasteiger partial charge in [0.2, 0.25) is 0 Å². The zero-order valence-electron chi connectivity index (χ0n) is 15.3. The summed E-state index contributed by atoms with van der Waals surface area (Å²) >= 11 is 0. The van der Waals surface area contributed by atoms with E-state index in [1.54, 1.807) is 12.1 Å². The van der Waals surface area contributed by atoms with Crippen LogP contribution in [0.3, 0.4) is 0 Å². The molecule has 28 heavy (non-hydrogen) atoms. The molecule has 2 heterocycles. The van der Waals surface area contributed by atoms with Crippen molar-refractivity contribution in [3.8, 4) is 11.3 Å². The van der Waals surface area contributed by atoms with E-state index in [0.717, 1.165) is 36.5 Å². The minimum Gasteiger partial charge on any atom is -0.465 e. The Morgan fingerprint density at radius 2 is 1.96 bits per heavy atom. The van der Waals surface area contributed by atoms with E-state index in [9.17, 15) is 13.2 Å². The molecule has 0 atom stereocenters. The SMILES string of the molecule is COC(=O)c1ccc(S(=O)(=O)Nc2cccc(-c3cnc4n3CCC4)c2)cc1. The van der Waals surface area contributed by atoms with Crippen LogP contribution < -0.4 is 4.72 Å². The lowest BCUT2D eigenvalue weighted by Gasteiger charge is -2.11. The number of benzene rings is 2. The van der Waals surface area contributed by atoms with Gasteiger partial charge < -0.3 is 9.30 Å². The lowest BCUT2D eigenvalue weighted by Crippen LogP contribution is -2.13. The van der Waals surface area contributed by atoms with Crippen molar-refractivity contribution in [3.63, 3.8) is 0 Å². The summed E-state index contributed by atoms with van der Waals surface area (Å²) in [6.07, 6.45) is 3.87. The van der Waals surface area contributed by atoms with Gasteiger partial charge in [0.15, 0.2) is 0 Å². The van der Waals surface area contributed by atoms with E-state index in [1.165, 1.54) is 31.4 Å². The maximum Gasteiger partial charge on any atom is 0.337 e. The highest BCUT2D eigenvalue weighted by Crippen LogP contribution is 2.28. The molecule has 3 aromatic rings. The van der Waals surface area contributed by atoms with E-state index in [0.29, 0.717) is 5.69 Å². The summed E-state index contributed by atoms with van der Waals surface area (Å²) in [7, 11) is -2.51. The average molecular weight is 397 g/mol. The van der Waals surface area contributed by atoms with Gasteiger partial charge >= 0.3 is 5.97 Å². The van der Waals surface area contributed by atoms with E-state index < -0.39 is 16.0 Å². The third-order valence-corrected chi connectivity index (χ3v) is 6.11. The lowest BCUT2D eigenvalue weighted by molar-refractivity contribution is 0.0600. The quantitative estimate of drug-likeness (QED) is 0.668. The summed E-state index contributed by atoms with van der Waals surface area (Å²) < 4.78 is 34.8. The number of anilines is 1. The molecule has 0 saturated carbocycles. The molecule has 1 aliphatic heterocycles. The number of ether oxygens (including phenoxy) is 1. The van der Waals surface area contributed by atoms with Crippen LogP contribution in [-0.2, 0) is 27.7 Å². The highest BCUT2D eigenvalue weighted by Gasteiger charge is 2.18. The second-order valence-corrected chi connectivity index (χ2v) is 8.20. The number of rotatable bonds is 5. The molecule has 8 heteroatoms. The van der Waals surface area contributed by atoms with Crippen molar-refractivity contribution in [1.29, 1.82) is 0 Å². The number of hydrogen-bond donors (Lipinski definition) is 1. The second-order valence-electron chi connectivity index (χ2n) is 6.52. The van der Waals surface area contributed by atoms with E-state index in [4.69, 9.17) is 0 Å². The average Bonchev–Trinajstić information content (AvgIpc) is 3.31. The second kappa shape index (κ2) is 7.12. The van der Waals surface area contributed by atoms with Crippen molar-refractivity contribution in [2.75, 3.05) is 11.8 Å². The Morgan fingerprint density at radius 1 is 1.18 bits per heavy atom. The van der Waals surface area contributed by atoms with Crippen molar-refractivity contribution >= 4 is 21.7 Å². The molecule has 0 amide bonds. The van der Waals surface area contributed by atoms with Crippen molar-refractivity contribution in [2.45, 2.75) is 24.3 Å². The molecule has 1 aliphatic rings. The topological polar surface area (TPSA) is 90.3 Å². The largest absolute Gasteiger partial charge is 0.465 e. The fourth-order valence-electron chi connectivity index (χ4n) is 3.33. The van der Waals surface area contributed by atoms with Gasteiger partial charge in [-0.05, 0) is 42.8 Å². The minimum absolute atomic E-state index is 0.0656. The number of nitrogens with one attached hydrogen (secondary N) is 1. The molecule has 0 radical (unpaired) electrons. The van der Waals surface area contributed by atoms with Gasteiger partial charge in [0.05, 0.1) is 29.5 Å². The van der Waals surface area contributed by atoms with E-state index in [1.807, 2.05) is 18.3 Å². The van der Waals surface area contributed by atoms with Gasteiger partial charge in [0, 0.05) is 24.2 Å². The highest BCUT2D eigenvalue weighted by molar-refractivity contribution is 7.92. The van der Waals surface area contributed by atoms with Gasteiger partial charge in [-0.1, -0.05) is 12.1 Å². The Labute approximate surface area is 163 Å². The smallest absolute Gasteiger partial charge is 0.337 e. The van der Waals surface area contributed by atoms with Crippen LogP contribution in [-0.4, -0.2) is 31.0 Å². The summed E-state index contributed by atoms with van der Waals surface area (Å²) in [5, 5.41) is 0. The fraction of sp³-hybridized carbons (Fsp3) is 0.200. The Hall–Kier alpha value is -3.13. The minimum atomic E-state index is -3.78. The van der Waals surface area contributed by atoms with Gasteiger partial charge in [-0.2, -0.15) is 0 Å². The molecule has 1 N–H and O–H groups in total. The van der Waals surface area contributed by atoms with Crippen LogP contribution in [0.2, 0.25) is 0 Å². The van der Waals surface area contributed by atoms with Crippen LogP contribution in [0.25, 0.3) is 11.3 Å². The number of fused-ring (bicyclic) bond motifs is 1. The molecule has 0 unspecified atom stereocenters. The number of imidazole rings is 1. The number of aryl methyl sites for hydroxylation is 1. The molecule has 0 saturated heterocycles. The van der Waals surface area contributed by atoms with E-state index in [-0.39, 0.29) is 10.5 Å². The molecule has 144 valence electrons. The summed E-state index contributed by atoms with van der Waals surface area (Å²) in [5.41, 5.74) is 2.64. The zero-order chi connectivity index (χ0) is 19.7. The Kier molecular flexibility index (Phi) is 4.64. The van der Waals surface area contributed by atoms with Crippen LogP contribution in [0.15, 0.2) is 59.6 Å². The van der Waals surface area contributed by atoms with Crippen molar-refractivity contribution in [3.05, 3.63) is 66.1 Å². The summed E-state index contributed by atoms with van der Waals surface area (Å²) in [6, 6.07) is 12.8. The number of esters is 1. The van der Waals surface area contributed by atoms with Gasteiger partial charge in [0.25, 0.3) is 10.0 Å². The zero-order valence-corrected chi connectivity index (χ0v) is 16.1. The third kappa shape index (κ3) is 3.38. The first-order valence-electron chi connectivity index (χ1n) is 8.84. The molecule has 2 aromatic carbocycles. The van der Waals surface area contributed by atoms with Gasteiger partial charge in [-0.25, -0.2) is 18.2 Å². The molecular formula is C20H19N3O4S. The molecule has 4 rings (SSSR count). The maximum absolute atomic E-state index is 12.7. The molecular weight excluding hydrogens is 378 g/mol.